The summed E-state index contributed by atoms with van der Waals surface area (Å²) in [6.45, 7) is 4.15. The molecule has 1 aromatic carbocycles. The van der Waals surface area contributed by atoms with Crippen molar-refractivity contribution in [3.63, 3.8) is 0 Å². The number of nitrogens with one attached hydrogen (secondary N) is 2. The maximum Gasteiger partial charge on any atom is 0.284 e. The fraction of sp³-hybridized carbons (Fsp3) is 0.250. The van der Waals surface area contributed by atoms with Crippen LogP contribution in [0.4, 0.5) is 0 Å². The Kier molecular flexibility index (Phi) is 5.46. The SMILES string of the molecule is CC[C@@H](C)c1ccc(S(=O)(=O)NNC(=O)c2ccccn2)cc1. The number of rotatable bonds is 6. The molecule has 1 heterocycles. The highest BCUT2D eigenvalue weighted by molar-refractivity contribution is 7.89. The lowest BCUT2D eigenvalue weighted by molar-refractivity contribution is 0.0940. The normalized spacial score (nSPS) is 12.6. The van der Waals surface area contributed by atoms with Crippen LogP contribution >= 0.6 is 0 Å². The van der Waals surface area contributed by atoms with E-state index in [1.165, 1.54) is 24.4 Å². The topological polar surface area (TPSA) is 88.2 Å². The summed E-state index contributed by atoms with van der Waals surface area (Å²) < 4.78 is 24.3. The molecular formula is C16H19N3O3S. The first kappa shape index (κ1) is 17.1. The highest BCUT2D eigenvalue weighted by Gasteiger charge is 2.16. The molecule has 0 aliphatic carbocycles. The lowest BCUT2D eigenvalue weighted by atomic mass is 9.99. The third kappa shape index (κ3) is 4.37. The van der Waals surface area contributed by atoms with Crippen LogP contribution in [0.3, 0.4) is 0 Å². The van der Waals surface area contributed by atoms with Gasteiger partial charge in [0.2, 0.25) is 0 Å². The molecule has 0 spiro atoms. The lowest BCUT2D eigenvalue weighted by Gasteiger charge is -2.11. The van der Waals surface area contributed by atoms with E-state index in [4.69, 9.17) is 0 Å². The fourth-order valence-electron chi connectivity index (χ4n) is 1.94. The fourth-order valence-corrected chi connectivity index (χ4v) is 2.78. The number of benzene rings is 1. The van der Waals surface area contributed by atoms with Gasteiger partial charge in [-0.15, -0.1) is 4.83 Å². The van der Waals surface area contributed by atoms with Gasteiger partial charge in [-0.25, -0.2) is 8.42 Å². The Morgan fingerprint density at radius 1 is 1.17 bits per heavy atom. The van der Waals surface area contributed by atoms with Crippen LogP contribution in [-0.2, 0) is 10.0 Å². The molecular weight excluding hydrogens is 314 g/mol. The summed E-state index contributed by atoms with van der Waals surface area (Å²) in [7, 11) is -3.82. The van der Waals surface area contributed by atoms with E-state index in [1.807, 2.05) is 0 Å². The molecule has 1 amide bonds. The first-order valence-corrected chi connectivity index (χ1v) is 8.75. The Hall–Kier alpha value is -2.25. The molecule has 0 saturated carbocycles. The molecule has 0 aliphatic rings. The summed E-state index contributed by atoms with van der Waals surface area (Å²) in [6.07, 6.45) is 2.43. The number of hydrazine groups is 1. The summed E-state index contributed by atoms with van der Waals surface area (Å²) >= 11 is 0. The Morgan fingerprint density at radius 3 is 2.43 bits per heavy atom. The van der Waals surface area contributed by atoms with Crippen LogP contribution in [0.2, 0.25) is 0 Å². The zero-order valence-corrected chi connectivity index (χ0v) is 13.8. The van der Waals surface area contributed by atoms with Crippen molar-refractivity contribution < 1.29 is 13.2 Å². The second kappa shape index (κ2) is 7.34. The van der Waals surface area contributed by atoms with Gasteiger partial charge in [0.15, 0.2) is 0 Å². The minimum atomic E-state index is -3.82. The van der Waals surface area contributed by atoms with Crippen LogP contribution in [0.5, 0.6) is 0 Å². The van der Waals surface area contributed by atoms with Crippen LogP contribution in [0.1, 0.15) is 42.2 Å². The zero-order chi connectivity index (χ0) is 16.9. The van der Waals surface area contributed by atoms with E-state index < -0.39 is 15.9 Å². The molecule has 0 bridgehead atoms. The Labute approximate surface area is 136 Å². The number of hydrogen-bond donors (Lipinski definition) is 2. The Morgan fingerprint density at radius 2 is 1.87 bits per heavy atom. The van der Waals surface area contributed by atoms with Crippen molar-refractivity contribution in [1.82, 2.24) is 15.2 Å². The summed E-state index contributed by atoms with van der Waals surface area (Å²) in [4.78, 5) is 17.8. The maximum atomic E-state index is 12.2. The summed E-state index contributed by atoms with van der Waals surface area (Å²) in [5.41, 5.74) is 3.35. The van der Waals surface area contributed by atoms with Crippen LogP contribution < -0.4 is 10.3 Å². The average Bonchev–Trinajstić information content (AvgIpc) is 2.60. The number of sulfonamides is 1. The van der Waals surface area contributed by atoms with Crippen molar-refractivity contribution in [2.75, 3.05) is 0 Å². The van der Waals surface area contributed by atoms with Gasteiger partial charge in [0.1, 0.15) is 5.69 Å². The smallest absolute Gasteiger partial charge is 0.272 e. The van der Waals surface area contributed by atoms with Crippen molar-refractivity contribution in [3.8, 4) is 0 Å². The lowest BCUT2D eigenvalue weighted by Crippen LogP contribution is -2.41. The minimum Gasteiger partial charge on any atom is -0.272 e. The van der Waals surface area contributed by atoms with Crippen molar-refractivity contribution in [1.29, 1.82) is 0 Å². The van der Waals surface area contributed by atoms with Gasteiger partial charge in [-0.05, 0) is 42.2 Å². The third-order valence-corrected chi connectivity index (χ3v) is 4.83. The van der Waals surface area contributed by atoms with E-state index in [1.54, 1.807) is 24.3 Å². The van der Waals surface area contributed by atoms with E-state index in [2.05, 4.69) is 29.1 Å². The van der Waals surface area contributed by atoms with Crippen molar-refractivity contribution in [3.05, 3.63) is 59.9 Å². The first-order chi connectivity index (χ1) is 10.9. The van der Waals surface area contributed by atoms with Gasteiger partial charge in [0.05, 0.1) is 4.90 Å². The molecule has 0 unspecified atom stereocenters. The second-order valence-electron chi connectivity index (χ2n) is 5.15. The van der Waals surface area contributed by atoms with E-state index in [-0.39, 0.29) is 10.6 Å². The number of carbonyl (C=O) groups is 1. The minimum absolute atomic E-state index is 0.0888. The van der Waals surface area contributed by atoms with Gasteiger partial charge in [0.25, 0.3) is 15.9 Å². The monoisotopic (exact) mass is 333 g/mol. The molecule has 2 N–H and O–H groups in total. The molecule has 7 heteroatoms. The van der Waals surface area contributed by atoms with E-state index in [0.717, 1.165) is 12.0 Å². The molecule has 6 nitrogen and oxygen atoms in total. The number of hydrogen-bond acceptors (Lipinski definition) is 4. The van der Waals surface area contributed by atoms with E-state index in [0.29, 0.717) is 5.92 Å². The number of pyridine rings is 1. The Balaban J connectivity index is 2.06. The molecule has 0 fully saturated rings. The molecule has 0 saturated heterocycles. The third-order valence-electron chi connectivity index (χ3n) is 3.57. The summed E-state index contributed by atoms with van der Waals surface area (Å²) in [6, 6.07) is 11.4. The maximum absolute atomic E-state index is 12.2. The van der Waals surface area contributed by atoms with Gasteiger partial charge in [-0.3, -0.25) is 15.2 Å². The van der Waals surface area contributed by atoms with Crippen molar-refractivity contribution in [2.45, 2.75) is 31.1 Å². The molecule has 2 rings (SSSR count). The summed E-state index contributed by atoms with van der Waals surface area (Å²) in [5, 5.41) is 0. The molecule has 1 aromatic heterocycles. The predicted octanol–water partition coefficient (Wildman–Crippen LogP) is 2.22. The highest BCUT2D eigenvalue weighted by atomic mass is 32.2. The quantitative estimate of drug-likeness (QED) is 0.793. The second-order valence-corrected chi connectivity index (χ2v) is 6.84. The highest BCUT2D eigenvalue weighted by Crippen LogP contribution is 2.20. The van der Waals surface area contributed by atoms with Gasteiger partial charge in [-0.2, -0.15) is 0 Å². The van der Waals surface area contributed by atoms with E-state index >= 15 is 0 Å². The standard InChI is InChI=1S/C16H19N3O3S/c1-3-12(2)13-7-9-14(10-8-13)23(21,22)19-18-16(20)15-6-4-5-11-17-15/h4-12,19H,3H2,1-2H3,(H,18,20)/t12-/m1/s1. The molecule has 122 valence electrons. The largest absolute Gasteiger partial charge is 0.284 e. The summed E-state index contributed by atoms with van der Waals surface area (Å²) in [5.74, 6) is -0.256. The molecule has 2 aromatic rings. The van der Waals surface area contributed by atoms with Gasteiger partial charge >= 0.3 is 0 Å². The molecule has 0 radical (unpaired) electrons. The average molecular weight is 333 g/mol. The number of aromatic nitrogens is 1. The molecule has 23 heavy (non-hydrogen) atoms. The van der Waals surface area contributed by atoms with Crippen molar-refractivity contribution in [2.24, 2.45) is 0 Å². The van der Waals surface area contributed by atoms with Crippen molar-refractivity contribution >= 4 is 15.9 Å². The molecule has 1 atom stereocenters. The van der Waals surface area contributed by atoms with Gasteiger partial charge in [0, 0.05) is 6.20 Å². The van der Waals surface area contributed by atoms with Crippen LogP contribution in [0.15, 0.2) is 53.6 Å². The number of nitrogens with zero attached hydrogens (tertiary/aromatic N) is 1. The Bertz CT molecular complexity index is 759. The first-order valence-electron chi connectivity index (χ1n) is 7.27. The number of carbonyl (C=O) groups excluding carboxylic acids is 1. The predicted molar refractivity (Wildman–Crippen MR) is 87.2 cm³/mol. The zero-order valence-electron chi connectivity index (χ0n) is 13.0. The van der Waals surface area contributed by atoms with Gasteiger partial charge < -0.3 is 0 Å². The van der Waals surface area contributed by atoms with Crippen LogP contribution in [-0.4, -0.2) is 19.3 Å². The number of amides is 1. The van der Waals surface area contributed by atoms with Crippen LogP contribution in [0.25, 0.3) is 0 Å². The molecule has 0 aliphatic heterocycles. The van der Waals surface area contributed by atoms with E-state index in [9.17, 15) is 13.2 Å². The van der Waals surface area contributed by atoms with Crippen LogP contribution in [0, 0.1) is 0 Å². The van der Waals surface area contributed by atoms with Gasteiger partial charge in [-0.1, -0.05) is 32.0 Å².